The molecule has 1 fully saturated rings. The summed E-state index contributed by atoms with van der Waals surface area (Å²) in [6.07, 6.45) is 4.71. The number of rotatable bonds is 9. The molecule has 0 unspecified atom stereocenters. The average molecular weight is 423 g/mol. The number of ether oxygens (including phenoxy) is 3. The van der Waals surface area contributed by atoms with Crippen LogP contribution in [0.1, 0.15) is 67.1 Å². The van der Waals surface area contributed by atoms with Crippen LogP contribution in [-0.4, -0.2) is 31.2 Å². The minimum atomic E-state index is -0.202. The minimum Gasteiger partial charge on any atom is -0.504 e. The van der Waals surface area contributed by atoms with Gasteiger partial charge in [-0.05, 0) is 56.9 Å². The van der Waals surface area contributed by atoms with Crippen molar-refractivity contribution in [3.63, 3.8) is 0 Å². The second kappa shape index (κ2) is 9.73. The lowest BCUT2D eigenvalue weighted by atomic mass is 9.95. The van der Waals surface area contributed by atoms with Crippen LogP contribution in [0.15, 0.2) is 48.0 Å². The summed E-state index contributed by atoms with van der Waals surface area (Å²) < 4.78 is 16.8. The van der Waals surface area contributed by atoms with E-state index in [2.05, 4.69) is 0 Å². The Labute approximate surface area is 184 Å². The molecule has 0 aliphatic heterocycles. The summed E-state index contributed by atoms with van der Waals surface area (Å²) in [6.45, 7) is 5.87. The zero-order valence-corrected chi connectivity index (χ0v) is 18.8. The van der Waals surface area contributed by atoms with Crippen LogP contribution < -0.4 is 4.74 Å². The number of phenols is 1. The van der Waals surface area contributed by atoms with Crippen molar-refractivity contribution in [1.29, 1.82) is 0 Å². The van der Waals surface area contributed by atoms with Crippen LogP contribution in [0.3, 0.4) is 0 Å². The molecule has 164 valence electrons. The number of allylic oxidation sites excluding steroid dienone is 2. The van der Waals surface area contributed by atoms with Gasteiger partial charge in [0.15, 0.2) is 17.3 Å². The zero-order chi connectivity index (χ0) is 22.5. The molecule has 5 heteroatoms. The van der Waals surface area contributed by atoms with Gasteiger partial charge >= 0.3 is 0 Å². The highest BCUT2D eigenvalue weighted by Gasteiger charge is 2.23. The van der Waals surface area contributed by atoms with E-state index in [1.54, 1.807) is 25.3 Å². The van der Waals surface area contributed by atoms with Crippen molar-refractivity contribution < 1.29 is 24.1 Å². The molecule has 0 amide bonds. The van der Waals surface area contributed by atoms with Crippen molar-refractivity contribution in [2.24, 2.45) is 0 Å². The Balaban J connectivity index is 2.04. The monoisotopic (exact) mass is 422 g/mol. The maximum Gasteiger partial charge on any atom is 0.193 e. The predicted molar refractivity (Wildman–Crippen MR) is 122 cm³/mol. The average Bonchev–Trinajstić information content (AvgIpc) is 3.59. The van der Waals surface area contributed by atoms with Gasteiger partial charge in [-0.15, -0.1) is 0 Å². The first-order chi connectivity index (χ1) is 14.9. The van der Waals surface area contributed by atoms with Gasteiger partial charge in [-0.3, -0.25) is 4.79 Å². The molecule has 1 saturated carbocycles. The van der Waals surface area contributed by atoms with E-state index in [0.717, 1.165) is 30.6 Å². The number of benzene rings is 2. The fraction of sp³-hybridized carbons (Fsp3) is 0.346. The molecule has 5 nitrogen and oxygen atoms in total. The second-order valence-electron chi connectivity index (χ2n) is 7.76. The maximum atomic E-state index is 13.4. The van der Waals surface area contributed by atoms with Gasteiger partial charge in [-0.25, -0.2) is 0 Å². The first-order valence-electron chi connectivity index (χ1n) is 10.6. The molecule has 0 spiro atoms. The summed E-state index contributed by atoms with van der Waals surface area (Å²) in [5, 5.41) is 10.4. The van der Waals surface area contributed by atoms with Gasteiger partial charge in [0.25, 0.3) is 0 Å². The highest BCUT2D eigenvalue weighted by Crippen LogP contribution is 2.37. The number of phenolic OH excluding ortho intramolecular Hbond substituents is 1. The Morgan fingerprint density at radius 1 is 1.06 bits per heavy atom. The van der Waals surface area contributed by atoms with Gasteiger partial charge in [0, 0.05) is 22.3 Å². The lowest BCUT2D eigenvalue weighted by Crippen LogP contribution is -2.09. The lowest BCUT2D eigenvalue weighted by Gasteiger charge is -2.18. The number of carbonyl (C=O) groups is 1. The van der Waals surface area contributed by atoms with Crippen molar-refractivity contribution >= 4 is 17.3 Å². The predicted octanol–water partition coefficient (Wildman–Crippen LogP) is 5.96. The van der Waals surface area contributed by atoms with E-state index >= 15 is 0 Å². The molecule has 3 rings (SSSR count). The Kier molecular flexibility index (Phi) is 7.06. The van der Waals surface area contributed by atoms with E-state index in [-0.39, 0.29) is 23.4 Å². The Morgan fingerprint density at radius 3 is 2.23 bits per heavy atom. The second-order valence-corrected chi connectivity index (χ2v) is 7.76. The third-order valence-corrected chi connectivity index (χ3v) is 5.02. The Morgan fingerprint density at radius 2 is 1.71 bits per heavy atom. The summed E-state index contributed by atoms with van der Waals surface area (Å²) >= 11 is 0. The molecule has 1 N–H and O–H groups in total. The molecule has 0 saturated heterocycles. The van der Waals surface area contributed by atoms with E-state index < -0.39 is 0 Å². The quantitative estimate of drug-likeness (QED) is 0.399. The van der Waals surface area contributed by atoms with Gasteiger partial charge in [0.1, 0.15) is 11.5 Å². The van der Waals surface area contributed by atoms with Crippen molar-refractivity contribution in [3.05, 3.63) is 70.3 Å². The minimum absolute atomic E-state index is 0.0669. The first kappa shape index (κ1) is 22.5. The van der Waals surface area contributed by atoms with Crippen molar-refractivity contribution in [3.8, 4) is 11.5 Å². The standard InChI is InChI=1S/C26H30O5/c1-6-7-23(31-16(2)3)20-15-24(29-4)22(27)14-21(20)25(28)17-8-10-18(11-9-17)26(30-5)19-12-13-19/h7-11,14-16,27H,6,12-13H2,1-5H3. The van der Waals surface area contributed by atoms with E-state index in [9.17, 15) is 9.90 Å². The first-order valence-corrected chi connectivity index (χ1v) is 10.6. The summed E-state index contributed by atoms with van der Waals surface area (Å²) in [4.78, 5) is 13.4. The van der Waals surface area contributed by atoms with Crippen LogP contribution in [0.2, 0.25) is 0 Å². The fourth-order valence-electron chi connectivity index (χ4n) is 3.47. The molecule has 1 aliphatic rings. The maximum absolute atomic E-state index is 13.4. The van der Waals surface area contributed by atoms with Crippen LogP contribution in [0, 0.1) is 0 Å². The zero-order valence-electron chi connectivity index (χ0n) is 18.8. The van der Waals surface area contributed by atoms with Crippen molar-refractivity contribution in [2.45, 2.75) is 46.1 Å². The topological polar surface area (TPSA) is 65.0 Å². The molecule has 0 bridgehead atoms. The van der Waals surface area contributed by atoms with Crippen LogP contribution in [0.4, 0.5) is 0 Å². The highest BCUT2D eigenvalue weighted by molar-refractivity contribution is 6.12. The van der Waals surface area contributed by atoms with E-state index in [0.29, 0.717) is 22.4 Å². The van der Waals surface area contributed by atoms with Gasteiger partial charge in [0.05, 0.1) is 20.3 Å². The normalized spacial score (nSPS) is 13.2. The third-order valence-electron chi connectivity index (χ3n) is 5.02. The number of hydrogen-bond acceptors (Lipinski definition) is 5. The summed E-state index contributed by atoms with van der Waals surface area (Å²) in [6, 6.07) is 10.5. The molecule has 2 aromatic carbocycles. The SMILES string of the molecule is CCC=C(OC(C)C)c1cc(OC)c(O)cc1C(=O)c1ccc(C(OC)=C2CC2)cc1. The largest absolute Gasteiger partial charge is 0.504 e. The van der Waals surface area contributed by atoms with Crippen LogP contribution in [0.5, 0.6) is 11.5 Å². The number of ketones is 1. The summed E-state index contributed by atoms with van der Waals surface area (Å²) in [5.74, 6) is 1.48. The molecule has 2 aromatic rings. The molecule has 0 radical (unpaired) electrons. The van der Waals surface area contributed by atoms with Crippen molar-refractivity contribution in [2.75, 3.05) is 14.2 Å². The Hall–Kier alpha value is -3.21. The van der Waals surface area contributed by atoms with Gasteiger partial charge in [0.2, 0.25) is 0 Å². The lowest BCUT2D eigenvalue weighted by molar-refractivity contribution is 0.103. The molecule has 1 aliphatic carbocycles. The van der Waals surface area contributed by atoms with Gasteiger partial charge in [-0.1, -0.05) is 31.2 Å². The molecule has 0 atom stereocenters. The number of carbonyl (C=O) groups excluding carboxylic acids is 1. The van der Waals surface area contributed by atoms with Gasteiger partial charge in [-0.2, -0.15) is 0 Å². The fourth-order valence-corrected chi connectivity index (χ4v) is 3.47. The van der Waals surface area contributed by atoms with Crippen LogP contribution in [0.25, 0.3) is 11.5 Å². The van der Waals surface area contributed by atoms with E-state index in [1.807, 2.05) is 39.0 Å². The van der Waals surface area contributed by atoms with Gasteiger partial charge < -0.3 is 19.3 Å². The summed E-state index contributed by atoms with van der Waals surface area (Å²) in [5.41, 5.74) is 3.73. The van der Waals surface area contributed by atoms with Crippen molar-refractivity contribution in [1.82, 2.24) is 0 Å². The van der Waals surface area contributed by atoms with E-state index in [4.69, 9.17) is 14.2 Å². The molecule has 0 heterocycles. The summed E-state index contributed by atoms with van der Waals surface area (Å²) in [7, 11) is 3.15. The molecule has 31 heavy (non-hydrogen) atoms. The smallest absolute Gasteiger partial charge is 0.193 e. The third kappa shape index (κ3) is 5.10. The molecule has 0 aromatic heterocycles. The highest BCUT2D eigenvalue weighted by atomic mass is 16.5. The van der Waals surface area contributed by atoms with Crippen LogP contribution in [-0.2, 0) is 9.47 Å². The number of hydrogen-bond donors (Lipinski definition) is 1. The molecular formula is C26H30O5. The van der Waals surface area contributed by atoms with Crippen LogP contribution >= 0.6 is 0 Å². The Bertz CT molecular complexity index is 1010. The molecular weight excluding hydrogens is 392 g/mol. The number of aromatic hydroxyl groups is 1. The number of methoxy groups -OCH3 is 2. The van der Waals surface area contributed by atoms with E-state index in [1.165, 1.54) is 18.7 Å².